The second-order valence-corrected chi connectivity index (χ2v) is 11.4. The summed E-state index contributed by atoms with van der Waals surface area (Å²) in [5, 5.41) is 14.0. The SMILES string of the molecule is CCCCN1CCN(C(=N)c2cccc(NC(=O)Nc3ccc(S(=O)N(C=O)Cc4c(F)ccc(F)c4F)cc3)c2)CC1. The number of benzene rings is 3. The van der Waals surface area contributed by atoms with Gasteiger partial charge in [-0.25, -0.2) is 22.2 Å². The van der Waals surface area contributed by atoms with E-state index in [1.54, 1.807) is 18.2 Å². The molecule has 13 heteroatoms. The second-order valence-electron chi connectivity index (χ2n) is 9.97. The number of amidine groups is 1. The smallest absolute Gasteiger partial charge is 0.323 e. The van der Waals surface area contributed by atoms with E-state index in [2.05, 4.69) is 22.5 Å². The van der Waals surface area contributed by atoms with Crippen LogP contribution in [-0.4, -0.2) is 69.3 Å². The van der Waals surface area contributed by atoms with Gasteiger partial charge < -0.3 is 15.5 Å². The summed E-state index contributed by atoms with van der Waals surface area (Å²) in [6.45, 7) is 5.85. The fraction of sp³-hybridized carbons (Fsp3) is 0.300. The molecule has 4 rings (SSSR count). The quantitative estimate of drug-likeness (QED) is 0.120. The van der Waals surface area contributed by atoms with E-state index in [4.69, 9.17) is 5.41 Å². The summed E-state index contributed by atoms with van der Waals surface area (Å²) in [4.78, 5) is 28.7. The summed E-state index contributed by atoms with van der Waals surface area (Å²) in [6.07, 6.45) is 2.47. The van der Waals surface area contributed by atoms with Crippen molar-refractivity contribution in [2.24, 2.45) is 0 Å². The zero-order valence-corrected chi connectivity index (χ0v) is 24.4. The van der Waals surface area contributed by atoms with Crippen LogP contribution < -0.4 is 10.6 Å². The molecule has 1 heterocycles. The lowest BCUT2D eigenvalue weighted by Gasteiger charge is -2.36. The Morgan fingerprint density at radius 2 is 1.65 bits per heavy atom. The van der Waals surface area contributed by atoms with Gasteiger partial charge in [0.15, 0.2) is 22.6 Å². The number of hydrogen-bond acceptors (Lipinski definition) is 5. The number of piperazine rings is 1. The van der Waals surface area contributed by atoms with E-state index in [0.717, 1.165) is 51.6 Å². The molecule has 1 fully saturated rings. The van der Waals surface area contributed by atoms with Crippen LogP contribution in [-0.2, 0) is 22.3 Å². The number of halogens is 3. The van der Waals surface area contributed by atoms with E-state index in [0.29, 0.717) is 33.1 Å². The molecular formula is C30H33F3N6O3S. The molecule has 1 atom stereocenters. The van der Waals surface area contributed by atoms with E-state index >= 15 is 0 Å². The normalized spacial score (nSPS) is 14.2. The minimum absolute atomic E-state index is 0.118. The first-order chi connectivity index (χ1) is 20.7. The van der Waals surface area contributed by atoms with Crippen LogP contribution in [0.15, 0.2) is 65.6 Å². The van der Waals surface area contributed by atoms with E-state index in [9.17, 15) is 27.0 Å². The lowest BCUT2D eigenvalue weighted by Crippen LogP contribution is -2.48. The lowest BCUT2D eigenvalue weighted by atomic mass is 10.1. The molecule has 0 aliphatic carbocycles. The number of anilines is 2. The average molecular weight is 615 g/mol. The molecule has 3 amide bonds. The fourth-order valence-corrected chi connectivity index (χ4v) is 5.56. The highest BCUT2D eigenvalue weighted by Crippen LogP contribution is 2.21. The summed E-state index contributed by atoms with van der Waals surface area (Å²) in [5.74, 6) is -3.42. The number of nitrogens with zero attached hydrogens (tertiary/aromatic N) is 3. The van der Waals surface area contributed by atoms with Gasteiger partial charge in [-0.2, -0.15) is 0 Å². The number of rotatable bonds is 11. The van der Waals surface area contributed by atoms with Crippen LogP contribution in [0.1, 0.15) is 30.9 Å². The summed E-state index contributed by atoms with van der Waals surface area (Å²) in [6, 6.07) is 13.5. The molecule has 228 valence electrons. The predicted molar refractivity (Wildman–Crippen MR) is 160 cm³/mol. The molecule has 0 radical (unpaired) electrons. The molecule has 3 N–H and O–H groups in total. The van der Waals surface area contributed by atoms with Gasteiger partial charge in [0.1, 0.15) is 11.7 Å². The zero-order chi connectivity index (χ0) is 30.9. The van der Waals surface area contributed by atoms with Gasteiger partial charge in [0, 0.05) is 48.7 Å². The van der Waals surface area contributed by atoms with Crippen LogP contribution in [0.2, 0.25) is 0 Å². The zero-order valence-electron chi connectivity index (χ0n) is 23.6. The van der Waals surface area contributed by atoms with E-state index < -0.39 is 46.6 Å². The Labute approximate surface area is 250 Å². The van der Waals surface area contributed by atoms with Crippen LogP contribution in [0.5, 0.6) is 0 Å². The predicted octanol–water partition coefficient (Wildman–Crippen LogP) is 5.17. The number of carbonyl (C=O) groups is 2. The summed E-state index contributed by atoms with van der Waals surface area (Å²) < 4.78 is 55.1. The highest BCUT2D eigenvalue weighted by Gasteiger charge is 2.22. The fourth-order valence-electron chi connectivity index (χ4n) is 4.59. The number of unbranched alkanes of at least 4 members (excludes halogenated alkanes) is 1. The van der Waals surface area contributed by atoms with Crippen LogP contribution in [0.4, 0.5) is 29.3 Å². The molecule has 1 aliphatic rings. The maximum absolute atomic E-state index is 14.0. The molecule has 1 saturated heterocycles. The van der Waals surface area contributed by atoms with Gasteiger partial charge >= 0.3 is 6.03 Å². The number of hydrogen-bond donors (Lipinski definition) is 3. The highest BCUT2D eigenvalue weighted by molar-refractivity contribution is 7.83. The van der Waals surface area contributed by atoms with Gasteiger partial charge in [0.05, 0.1) is 11.4 Å². The molecule has 0 aromatic heterocycles. The van der Waals surface area contributed by atoms with Gasteiger partial charge in [-0.15, -0.1) is 0 Å². The topological polar surface area (TPSA) is 109 Å². The standard InChI is InChI=1S/C30H33F3N6O3S/c1-2-3-13-37-14-16-38(17-15-37)29(34)21-5-4-6-23(18-21)36-30(41)35-22-7-9-24(10-8-22)43(42)39(20-40)19-25-26(31)11-12-27(32)28(25)33/h4-12,18,20,34H,2-3,13-17,19H2,1H3,(H2,35,36,41). The van der Waals surface area contributed by atoms with Gasteiger partial charge in [-0.05, 0) is 61.5 Å². The first-order valence-electron chi connectivity index (χ1n) is 13.8. The largest absolute Gasteiger partial charge is 0.354 e. The van der Waals surface area contributed by atoms with Crippen molar-refractivity contribution >= 4 is 40.6 Å². The summed E-state index contributed by atoms with van der Waals surface area (Å²) >= 11 is 0. The van der Waals surface area contributed by atoms with E-state index in [1.807, 2.05) is 11.0 Å². The van der Waals surface area contributed by atoms with Crippen molar-refractivity contribution in [1.82, 2.24) is 14.1 Å². The van der Waals surface area contributed by atoms with Crippen molar-refractivity contribution in [3.05, 3.63) is 89.2 Å². The van der Waals surface area contributed by atoms with Crippen LogP contribution in [0.25, 0.3) is 0 Å². The highest BCUT2D eigenvalue weighted by atomic mass is 32.2. The van der Waals surface area contributed by atoms with Crippen molar-refractivity contribution in [2.45, 2.75) is 31.2 Å². The minimum atomic E-state index is -2.16. The molecule has 1 aliphatic heterocycles. The first kappa shape index (κ1) is 31.7. The van der Waals surface area contributed by atoms with Crippen LogP contribution in [0.3, 0.4) is 0 Å². The summed E-state index contributed by atoms with van der Waals surface area (Å²) in [5.41, 5.74) is 0.810. The van der Waals surface area contributed by atoms with E-state index in [1.165, 1.54) is 24.3 Å². The lowest BCUT2D eigenvalue weighted by molar-refractivity contribution is -0.114. The first-order valence-corrected chi connectivity index (χ1v) is 14.9. The van der Waals surface area contributed by atoms with Gasteiger partial charge in [0.25, 0.3) is 0 Å². The third-order valence-electron chi connectivity index (χ3n) is 7.01. The Morgan fingerprint density at radius 3 is 2.33 bits per heavy atom. The van der Waals surface area contributed by atoms with Crippen molar-refractivity contribution < 1.29 is 27.0 Å². The molecule has 0 bridgehead atoms. The Kier molecular flexibility index (Phi) is 10.9. The molecule has 1 unspecified atom stereocenters. The van der Waals surface area contributed by atoms with Crippen molar-refractivity contribution in [2.75, 3.05) is 43.4 Å². The Morgan fingerprint density at radius 1 is 0.977 bits per heavy atom. The number of nitrogens with one attached hydrogen (secondary N) is 3. The van der Waals surface area contributed by atoms with Crippen molar-refractivity contribution in [3.63, 3.8) is 0 Å². The Hall–Kier alpha value is -4.23. The number of amides is 3. The van der Waals surface area contributed by atoms with Crippen LogP contribution in [0, 0.1) is 22.9 Å². The molecule has 9 nitrogen and oxygen atoms in total. The third-order valence-corrected chi connectivity index (χ3v) is 8.32. The molecule has 43 heavy (non-hydrogen) atoms. The monoisotopic (exact) mass is 614 g/mol. The van der Waals surface area contributed by atoms with Gasteiger partial charge in [0.2, 0.25) is 6.41 Å². The minimum Gasteiger partial charge on any atom is -0.354 e. The van der Waals surface area contributed by atoms with Crippen LogP contribution >= 0.6 is 0 Å². The third kappa shape index (κ3) is 8.20. The van der Waals surface area contributed by atoms with Gasteiger partial charge in [-0.1, -0.05) is 25.5 Å². The molecule has 3 aromatic rings. The van der Waals surface area contributed by atoms with Gasteiger partial charge in [-0.3, -0.25) is 19.4 Å². The Balaban J connectivity index is 1.33. The maximum Gasteiger partial charge on any atom is 0.323 e. The second kappa shape index (κ2) is 14.8. The summed E-state index contributed by atoms with van der Waals surface area (Å²) in [7, 11) is -2.16. The number of urea groups is 1. The Bertz CT molecular complexity index is 1480. The van der Waals surface area contributed by atoms with Crippen molar-refractivity contribution in [1.29, 1.82) is 5.41 Å². The average Bonchev–Trinajstić information content (AvgIpc) is 3.02. The molecular weight excluding hydrogens is 581 g/mol. The molecule has 0 spiro atoms. The van der Waals surface area contributed by atoms with E-state index in [-0.39, 0.29) is 11.3 Å². The molecule has 3 aromatic carbocycles. The van der Waals surface area contributed by atoms with Crippen molar-refractivity contribution in [3.8, 4) is 0 Å². The molecule has 0 saturated carbocycles. The maximum atomic E-state index is 14.0. The number of carbonyl (C=O) groups excluding carboxylic acids is 2.